The smallest absolute Gasteiger partial charge is 0.208 e. The Labute approximate surface area is 163 Å². The zero-order valence-electron chi connectivity index (χ0n) is 15.7. The molecule has 27 heavy (non-hydrogen) atoms. The second-order valence-corrected chi connectivity index (χ2v) is 8.25. The first-order valence-electron chi connectivity index (χ1n) is 9.29. The fourth-order valence-electron chi connectivity index (χ4n) is 3.38. The molecule has 3 heterocycles. The lowest BCUT2D eigenvalue weighted by atomic mass is 10.2. The molecule has 142 valence electrons. The second-order valence-electron chi connectivity index (χ2n) is 7.08. The van der Waals surface area contributed by atoms with E-state index < -0.39 is 0 Å². The fraction of sp³-hybridized carbons (Fsp3) is 0.381. The topological polar surface area (TPSA) is 32.5 Å². The third-order valence-electron chi connectivity index (χ3n) is 5.05. The largest absolute Gasteiger partial charge is 0.444 e. The van der Waals surface area contributed by atoms with E-state index in [0.717, 1.165) is 67.1 Å². The molecule has 1 aliphatic rings. The zero-order chi connectivity index (χ0) is 18.8. The summed E-state index contributed by atoms with van der Waals surface area (Å²) in [5.74, 6) is 1.54. The normalized spacial score (nSPS) is 16.1. The van der Waals surface area contributed by atoms with Crippen LogP contribution in [0.25, 0.3) is 10.4 Å². The Morgan fingerprint density at radius 1 is 1.04 bits per heavy atom. The van der Waals surface area contributed by atoms with E-state index in [1.54, 1.807) is 23.5 Å². The minimum Gasteiger partial charge on any atom is -0.444 e. The molecule has 0 unspecified atom stereocenters. The number of oxazole rings is 1. The number of nitrogens with zero attached hydrogens (tertiary/aromatic N) is 3. The summed E-state index contributed by atoms with van der Waals surface area (Å²) in [6.07, 6.45) is 0. The predicted octanol–water partition coefficient (Wildman–Crippen LogP) is 4.48. The van der Waals surface area contributed by atoms with Crippen LogP contribution < -0.4 is 0 Å². The number of hydrogen-bond donors (Lipinski definition) is 0. The van der Waals surface area contributed by atoms with Crippen molar-refractivity contribution in [2.75, 3.05) is 26.2 Å². The summed E-state index contributed by atoms with van der Waals surface area (Å²) in [6, 6.07) is 11.1. The Kier molecular flexibility index (Phi) is 5.38. The lowest BCUT2D eigenvalue weighted by Gasteiger charge is -2.33. The molecular weight excluding hydrogens is 361 g/mol. The van der Waals surface area contributed by atoms with E-state index in [2.05, 4.69) is 26.9 Å². The zero-order valence-corrected chi connectivity index (χ0v) is 16.6. The number of thiophene rings is 1. The Hall–Kier alpha value is -2.02. The molecule has 3 aromatic rings. The minimum atomic E-state index is -0.185. The standard InChI is InChI=1S/C21H24FN3OS/c1-15-16(2)26-21(23-15)14-25-10-8-24(9-11-25)13-19-6-7-20(27-19)17-4-3-5-18(22)12-17/h3-7,12H,8-11,13-14H2,1-2H3. The average Bonchev–Trinajstić information content (AvgIpc) is 3.23. The van der Waals surface area contributed by atoms with Gasteiger partial charge in [-0.25, -0.2) is 9.37 Å². The number of halogens is 1. The molecule has 0 radical (unpaired) electrons. The van der Waals surface area contributed by atoms with Crippen molar-refractivity contribution in [2.45, 2.75) is 26.9 Å². The number of piperazine rings is 1. The van der Waals surface area contributed by atoms with Crippen LogP contribution in [0.5, 0.6) is 0 Å². The van der Waals surface area contributed by atoms with Gasteiger partial charge in [0, 0.05) is 42.5 Å². The van der Waals surface area contributed by atoms with Crippen LogP contribution in [0.3, 0.4) is 0 Å². The number of rotatable bonds is 5. The molecule has 1 fully saturated rings. The summed E-state index contributed by atoms with van der Waals surface area (Å²) in [6.45, 7) is 9.78. The van der Waals surface area contributed by atoms with E-state index in [1.807, 2.05) is 19.9 Å². The monoisotopic (exact) mass is 385 g/mol. The highest BCUT2D eigenvalue weighted by atomic mass is 32.1. The van der Waals surface area contributed by atoms with E-state index in [1.165, 1.54) is 10.9 Å². The Morgan fingerprint density at radius 2 is 1.78 bits per heavy atom. The second kappa shape index (κ2) is 7.92. The number of aromatic nitrogens is 1. The maximum Gasteiger partial charge on any atom is 0.208 e. The molecule has 0 atom stereocenters. The van der Waals surface area contributed by atoms with E-state index in [4.69, 9.17) is 4.42 Å². The first-order valence-corrected chi connectivity index (χ1v) is 10.1. The van der Waals surface area contributed by atoms with Crippen molar-refractivity contribution in [3.63, 3.8) is 0 Å². The number of benzene rings is 1. The molecule has 0 amide bonds. The molecule has 2 aromatic heterocycles. The van der Waals surface area contributed by atoms with Gasteiger partial charge in [-0.15, -0.1) is 11.3 Å². The first kappa shape index (κ1) is 18.3. The molecule has 6 heteroatoms. The summed E-state index contributed by atoms with van der Waals surface area (Å²) in [7, 11) is 0. The van der Waals surface area contributed by atoms with Gasteiger partial charge >= 0.3 is 0 Å². The van der Waals surface area contributed by atoms with Gasteiger partial charge in [-0.1, -0.05) is 12.1 Å². The van der Waals surface area contributed by atoms with Crippen LogP contribution in [-0.4, -0.2) is 41.0 Å². The highest BCUT2D eigenvalue weighted by molar-refractivity contribution is 7.15. The molecule has 1 aliphatic heterocycles. The quantitative estimate of drug-likeness (QED) is 0.648. The molecule has 1 aromatic carbocycles. The van der Waals surface area contributed by atoms with Crippen molar-refractivity contribution in [3.05, 3.63) is 64.4 Å². The number of hydrogen-bond acceptors (Lipinski definition) is 5. The molecule has 4 rings (SSSR count). The molecule has 0 saturated carbocycles. The number of aryl methyl sites for hydroxylation is 2. The minimum absolute atomic E-state index is 0.185. The summed E-state index contributed by atoms with van der Waals surface area (Å²) < 4.78 is 19.1. The molecule has 4 nitrogen and oxygen atoms in total. The van der Waals surface area contributed by atoms with E-state index in [0.29, 0.717) is 0 Å². The fourth-order valence-corrected chi connectivity index (χ4v) is 4.43. The van der Waals surface area contributed by atoms with Gasteiger partial charge in [0.05, 0.1) is 12.2 Å². The van der Waals surface area contributed by atoms with Crippen molar-refractivity contribution >= 4 is 11.3 Å². The Balaban J connectivity index is 1.30. The van der Waals surface area contributed by atoms with Crippen LogP contribution in [0, 0.1) is 19.7 Å². The van der Waals surface area contributed by atoms with Crippen LogP contribution >= 0.6 is 11.3 Å². The third kappa shape index (κ3) is 4.46. The van der Waals surface area contributed by atoms with Gasteiger partial charge in [0.2, 0.25) is 5.89 Å². The maximum atomic E-state index is 13.4. The van der Waals surface area contributed by atoms with E-state index in [-0.39, 0.29) is 5.82 Å². The van der Waals surface area contributed by atoms with Crippen molar-refractivity contribution in [1.29, 1.82) is 0 Å². The van der Waals surface area contributed by atoms with Gasteiger partial charge in [0.15, 0.2) is 0 Å². The average molecular weight is 386 g/mol. The van der Waals surface area contributed by atoms with Gasteiger partial charge in [0.25, 0.3) is 0 Å². The molecule has 0 bridgehead atoms. The molecule has 0 aliphatic carbocycles. The van der Waals surface area contributed by atoms with E-state index in [9.17, 15) is 4.39 Å². The SMILES string of the molecule is Cc1nc(CN2CCN(Cc3ccc(-c4cccc(F)c4)s3)CC2)oc1C. The van der Waals surface area contributed by atoms with Crippen molar-refractivity contribution in [1.82, 2.24) is 14.8 Å². The van der Waals surface area contributed by atoms with E-state index >= 15 is 0 Å². The lowest BCUT2D eigenvalue weighted by molar-refractivity contribution is 0.115. The molecule has 0 N–H and O–H groups in total. The first-order chi connectivity index (χ1) is 13.1. The lowest BCUT2D eigenvalue weighted by Crippen LogP contribution is -2.45. The summed E-state index contributed by atoms with van der Waals surface area (Å²) in [5.41, 5.74) is 1.93. The summed E-state index contributed by atoms with van der Waals surface area (Å²) in [5, 5.41) is 0. The molecular formula is C21H24FN3OS. The highest BCUT2D eigenvalue weighted by Gasteiger charge is 2.19. The van der Waals surface area contributed by atoms with Gasteiger partial charge < -0.3 is 4.42 Å². The summed E-state index contributed by atoms with van der Waals surface area (Å²) >= 11 is 1.75. The molecule has 0 spiro atoms. The maximum absolute atomic E-state index is 13.4. The van der Waals surface area contributed by atoms with Crippen LogP contribution in [0.15, 0.2) is 40.8 Å². The van der Waals surface area contributed by atoms with Crippen molar-refractivity contribution in [3.8, 4) is 10.4 Å². The Bertz CT molecular complexity index is 892. The van der Waals surface area contributed by atoms with Crippen LogP contribution in [0.2, 0.25) is 0 Å². The predicted molar refractivity (Wildman–Crippen MR) is 106 cm³/mol. The van der Waals surface area contributed by atoms with Crippen LogP contribution in [0.1, 0.15) is 22.2 Å². The van der Waals surface area contributed by atoms with Crippen molar-refractivity contribution < 1.29 is 8.81 Å². The van der Waals surface area contributed by atoms with Gasteiger partial charge in [-0.3, -0.25) is 9.80 Å². The van der Waals surface area contributed by atoms with Gasteiger partial charge in [-0.05, 0) is 43.7 Å². The van der Waals surface area contributed by atoms with Crippen LogP contribution in [-0.2, 0) is 13.1 Å². The van der Waals surface area contributed by atoms with Gasteiger partial charge in [-0.2, -0.15) is 0 Å². The van der Waals surface area contributed by atoms with Crippen LogP contribution in [0.4, 0.5) is 4.39 Å². The third-order valence-corrected chi connectivity index (χ3v) is 6.17. The highest BCUT2D eigenvalue weighted by Crippen LogP contribution is 2.29. The van der Waals surface area contributed by atoms with Crippen molar-refractivity contribution in [2.24, 2.45) is 0 Å². The van der Waals surface area contributed by atoms with Gasteiger partial charge in [0.1, 0.15) is 11.6 Å². The molecule has 1 saturated heterocycles. The summed E-state index contributed by atoms with van der Waals surface area (Å²) in [4.78, 5) is 11.8. The Morgan fingerprint density at radius 3 is 2.44 bits per heavy atom.